The molecule has 72 valence electrons. The topological polar surface area (TPSA) is 41.8 Å². The molecule has 1 aliphatic rings. The van der Waals surface area contributed by atoms with E-state index in [0.29, 0.717) is 5.84 Å². The molecule has 0 N–H and O–H groups in total. The van der Waals surface area contributed by atoms with Crippen LogP contribution in [0.3, 0.4) is 0 Å². The van der Waals surface area contributed by atoms with Crippen molar-refractivity contribution >= 4 is 17.3 Å². The van der Waals surface area contributed by atoms with E-state index in [1.54, 1.807) is 6.92 Å². The third-order valence-corrected chi connectivity index (χ3v) is 2.59. The predicted molar refractivity (Wildman–Crippen MR) is 54.5 cm³/mol. The van der Waals surface area contributed by atoms with E-state index < -0.39 is 5.54 Å². The Morgan fingerprint density at radius 3 is 2.08 bits per heavy atom. The van der Waals surface area contributed by atoms with Crippen molar-refractivity contribution in [3.8, 4) is 0 Å². The molecule has 0 aromatic carbocycles. The maximum Gasteiger partial charge on any atom is 0.163 e. The van der Waals surface area contributed by atoms with Crippen LogP contribution in [0.15, 0.2) is 9.98 Å². The Balaban J connectivity index is 3.23. The molecule has 0 amide bonds. The SMILES string of the molecule is CC(=O)C1(C(C)C)N=C(C)N=C1C. The van der Waals surface area contributed by atoms with Gasteiger partial charge >= 0.3 is 0 Å². The Labute approximate surface area is 79.0 Å². The van der Waals surface area contributed by atoms with Gasteiger partial charge in [0.2, 0.25) is 0 Å². The molecule has 1 unspecified atom stereocenters. The normalized spacial score (nSPS) is 27.5. The number of hydrogen-bond donors (Lipinski definition) is 0. The molecule has 1 atom stereocenters. The zero-order chi connectivity index (χ0) is 10.2. The number of nitrogens with zero attached hydrogens (tertiary/aromatic N) is 2. The highest BCUT2D eigenvalue weighted by Gasteiger charge is 2.44. The summed E-state index contributed by atoms with van der Waals surface area (Å²) in [6.45, 7) is 9.30. The van der Waals surface area contributed by atoms with Crippen LogP contribution in [0.4, 0.5) is 0 Å². The van der Waals surface area contributed by atoms with Crippen molar-refractivity contribution in [2.24, 2.45) is 15.9 Å². The highest BCUT2D eigenvalue weighted by atomic mass is 16.1. The van der Waals surface area contributed by atoms with Crippen molar-refractivity contribution in [2.75, 3.05) is 0 Å². The Bertz CT molecular complexity index is 302. The van der Waals surface area contributed by atoms with Gasteiger partial charge in [-0.05, 0) is 26.7 Å². The van der Waals surface area contributed by atoms with Crippen molar-refractivity contribution in [2.45, 2.75) is 40.2 Å². The largest absolute Gasteiger partial charge is 0.297 e. The monoisotopic (exact) mass is 180 g/mol. The Kier molecular flexibility index (Phi) is 2.37. The van der Waals surface area contributed by atoms with Gasteiger partial charge in [-0.2, -0.15) is 0 Å². The number of hydrogen-bond acceptors (Lipinski definition) is 3. The fraction of sp³-hybridized carbons (Fsp3) is 0.700. The molecule has 0 spiro atoms. The summed E-state index contributed by atoms with van der Waals surface area (Å²) in [7, 11) is 0. The molecule has 0 saturated carbocycles. The molecular weight excluding hydrogens is 164 g/mol. The first-order valence-corrected chi connectivity index (χ1v) is 4.54. The molecular formula is C10H16N2O. The fourth-order valence-electron chi connectivity index (χ4n) is 1.98. The molecule has 0 saturated heterocycles. The van der Waals surface area contributed by atoms with Crippen LogP contribution >= 0.6 is 0 Å². The lowest BCUT2D eigenvalue weighted by Gasteiger charge is -2.27. The Morgan fingerprint density at radius 2 is 1.92 bits per heavy atom. The average Bonchev–Trinajstić information content (AvgIpc) is 2.26. The molecule has 0 radical (unpaired) electrons. The average molecular weight is 180 g/mol. The molecule has 1 aliphatic heterocycles. The van der Waals surface area contributed by atoms with E-state index in [-0.39, 0.29) is 11.7 Å². The predicted octanol–water partition coefficient (Wildman–Crippen LogP) is 1.86. The molecule has 3 nitrogen and oxygen atoms in total. The number of Topliss-reactive ketones (excluding diaryl/α,β-unsaturated/α-hetero) is 1. The summed E-state index contributed by atoms with van der Waals surface area (Å²) in [6, 6.07) is 0. The number of carbonyl (C=O) groups is 1. The van der Waals surface area contributed by atoms with Gasteiger partial charge in [0.1, 0.15) is 5.84 Å². The highest BCUT2D eigenvalue weighted by molar-refractivity contribution is 6.19. The molecule has 3 heteroatoms. The van der Waals surface area contributed by atoms with Crippen LogP contribution in [0.25, 0.3) is 0 Å². The van der Waals surface area contributed by atoms with Crippen molar-refractivity contribution in [1.29, 1.82) is 0 Å². The molecule has 0 fully saturated rings. The Hall–Kier alpha value is -0.990. The standard InChI is InChI=1S/C10H16N2O/c1-6(2)10(8(4)13)7(3)11-9(5)12-10/h6H,1-5H3. The van der Waals surface area contributed by atoms with Gasteiger partial charge in [-0.15, -0.1) is 0 Å². The van der Waals surface area contributed by atoms with Crippen molar-refractivity contribution < 1.29 is 4.79 Å². The van der Waals surface area contributed by atoms with Crippen LogP contribution in [-0.2, 0) is 4.79 Å². The van der Waals surface area contributed by atoms with Gasteiger partial charge in [0.05, 0.1) is 5.71 Å². The van der Waals surface area contributed by atoms with Crippen molar-refractivity contribution in [1.82, 2.24) is 0 Å². The first kappa shape index (κ1) is 10.1. The number of aliphatic imine (C=N–C) groups is 2. The zero-order valence-corrected chi connectivity index (χ0v) is 8.88. The summed E-state index contributed by atoms with van der Waals surface area (Å²) in [5, 5.41) is 0. The van der Waals surface area contributed by atoms with E-state index in [2.05, 4.69) is 9.98 Å². The van der Waals surface area contributed by atoms with Crippen LogP contribution in [0.2, 0.25) is 0 Å². The summed E-state index contributed by atoms with van der Waals surface area (Å²) in [5.74, 6) is 0.966. The maximum atomic E-state index is 11.6. The highest BCUT2D eigenvalue weighted by Crippen LogP contribution is 2.29. The third-order valence-electron chi connectivity index (χ3n) is 2.59. The summed E-state index contributed by atoms with van der Waals surface area (Å²) in [5.41, 5.74) is 0.150. The van der Waals surface area contributed by atoms with E-state index in [4.69, 9.17) is 0 Å². The van der Waals surface area contributed by atoms with Crippen LogP contribution in [0.5, 0.6) is 0 Å². The second-order valence-corrected chi connectivity index (χ2v) is 3.83. The van der Waals surface area contributed by atoms with Gasteiger partial charge in [-0.25, -0.2) is 9.98 Å². The van der Waals surface area contributed by atoms with Gasteiger partial charge in [0.25, 0.3) is 0 Å². The molecule has 1 rings (SSSR count). The first-order valence-electron chi connectivity index (χ1n) is 4.54. The minimum Gasteiger partial charge on any atom is -0.297 e. The molecule has 0 bridgehead atoms. The number of ketones is 1. The second kappa shape index (κ2) is 3.05. The molecule has 0 aliphatic carbocycles. The van der Waals surface area contributed by atoms with E-state index in [0.717, 1.165) is 5.71 Å². The van der Waals surface area contributed by atoms with Gasteiger partial charge < -0.3 is 0 Å². The van der Waals surface area contributed by atoms with E-state index in [1.807, 2.05) is 27.7 Å². The lowest BCUT2D eigenvalue weighted by Crippen LogP contribution is -2.45. The third kappa shape index (κ3) is 1.32. The molecule has 0 aromatic heterocycles. The number of carbonyl (C=O) groups excluding carboxylic acids is 1. The van der Waals surface area contributed by atoms with E-state index in [9.17, 15) is 4.79 Å². The van der Waals surface area contributed by atoms with Crippen LogP contribution in [0.1, 0.15) is 34.6 Å². The summed E-state index contributed by atoms with van der Waals surface area (Å²) in [4.78, 5) is 20.2. The first-order chi connectivity index (χ1) is 5.91. The fourth-order valence-corrected chi connectivity index (χ4v) is 1.98. The quantitative estimate of drug-likeness (QED) is 0.639. The summed E-state index contributed by atoms with van der Waals surface area (Å²) in [6.07, 6.45) is 0. The van der Waals surface area contributed by atoms with E-state index in [1.165, 1.54) is 0 Å². The van der Waals surface area contributed by atoms with Gasteiger partial charge in [0.15, 0.2) is 11.3 Å². The Morgan fingerprint density at radius 1 is 1.38 bits per heavy atom. The van der Waals surface area contributed by atoms with Gasteiger partial charge in [0, 0.05) is 0 Å². The molecule has 0 aromatic rings. The zero-order valence-electron chi connectivity index (χ0n) is 8.88. The van der Waals surface area contributed by atoms with Gasteiger partial charge in [-0.1, -0.05) is 13.8 Å². The number of rotatable bonds is 2. The van der Waals surface area contributed by atoms with Crippen LogP contribution in [-0.4, -0.2) is 22.9 Å². The second-order valence-electron chi connectivity index (χ2n) is 3.83. The smallest absolute Gasteiger partial charge is 0.163 e. The molecule has 1 heterocycles. The lowest BCUT2D eigenvalue weighted by molar-refractivity contribution is -0.120. The van der Waals surface area contributed by atoms with E-state index >= 15 is 0 Å². The maximum absolute atomic E-state index is 11.6. The lowest BCUT2D eigenvalue weighted by atomic mass is 9.80. The van der Waals surface area contributed by atoms with Crippen LogP contribution in [0, 0.1) is 5.92 Å². The van der Waals surface area contributed by atoms with Crippen LogP contribution < -0.4 is 0 Å². The summed E-state index contributed by atoms with van der Waals surface area (Å²) < 4.78 is 0. The molecule has 13 heavy (non-hydrogen) atoms. The minimum absolute atomic E-state index is 0.0839. The minimum atomic E-state index is -0.677. The summed E-state index contributed by atoms with van der Waals surface area (Å²) >= 11 is 0. The van der Waals surface area contributed by atoms with Crippen molar-refractivity contribution in [3.63, 3.8) is 0 Å². The van der Waals surface area contributed by atoms with Crippen molar-refractivity contribution in [3.05, 3.63) is 0 Å². The number of amidine groups is 1. The van der Waals surface area contributed by atoms with Gasteiger partial charge in [-0.3, -0.25) is 4.79 Å².